The van der Waals surface area contributed by atoms with Crippen LogP contribution >= 0.6 is 11.5 Å². The van der Waals surface area contributed by atoms with Crippen LogP contribution in [0, 0.1) is 0 Å². The zero-order chi connectivity index (χ0) is 27.2. The molecule has 0 spiro atoms. The molecular formula is C27H31N5O5S. The Bertz CT molecular complexity index is 1290. The van der Waals surface area contributed by atoms with Crippen LogP contribution in [-0.4, -0.2) is 41.9 Å². The third-order valence-corrected chi connectivity index (χ3v) is 7.29. The monoisotopic (exact) mass is 537 g/mol. The van der Waals surface area contributed by atoms with E-state index in [1.807, 2.05) is 6.92 Å². The van der Waals surface area contributed by atoms with Crippen molar-refractivity contribution in [1.29, 1.82) is 0 Å². The lowest BCUT2D eigenvalue weighted by molar-refractivity contribution is -0.123. The molecule has 1 saturated carbocycles. The molecule has 200 valence electrons. The smallest absolute Gasteiger partial charge is 0.273 e. The van der Waals surface area contributed by atoms with Crippen molar-refractivity contribution < 1.29 is 23.9 Å². The Labute approximate surface area is 225 Å². The molecule has 1 aliphatic rings. The van der Waals surface area contributed by atoms with Crippen LogP contribution < -0.4 is 31.2 Å². The minimum atomic E-state index is -1.05. The van der Waals surface area contributed by atoms with Gasteiger partial charge in [-0.25, -0.2) is 0 Å². The quantitative estimate of drug-likeness (QED) is 0.357. The van der Waals surface area contributed by atoms with Crippen molar-refractivity contribution in [3.63, 3.8) is 0 Å². The number of ether oxygens (including phenoxy) is 2. The average Bonchev–Trinajstić information content (AvgIpc) is 3.57. The van der Waals surface area contributed by atoms with Crippen molar-refractivity contribution in [1.82, 2.24) is 9.69 Å². The zero-order valence-electron chi connectivity index (χ0n) is 21.3. The predicted molar refractivity (Wildman–Crippen MR) is 146 cm³/mol. The molecule has 5 N–H and O–H groups in total. The molecule has 1 atom stereocenters. The van der Waals surface area contributed by atoms with Gasteiger partial charge in [0.15, 0.2) is 5.69 Å². The Hall–Kier alpha value is -4.12. The third-order valence-electron chi connectivity index (χ3n) is 6.44. The molecule has 1 fully saturated rings. The molecule has 2 aromatic carbocycles. The first kappa shape index (κ1) is 26.9. The molecule has 4 rings (SSSR count). The summed E-state index contributed by atoms with van der Waals surface area (Å²) in [4.78, 5) is 41.2. The van der Waals surface area contributed by atoms with E-state index < -0.39 is 17.9 Å². The number of benzene rings is 2. The fourth-order valence-corrected chi connectivity index (χ4v) is 5.29. The van der Waals surface area contributed by atoms with Crippen LogP contribution in [0.1, 0.15) is 64.4 Å². The fourth-order valence-electron chi connectivity index (χ4n) is 4.55. The second-order valence-electron chi connectivity index (χ2n) is 8.91. The number of primary amides is 1. The maximum absolute atomic E-state index is 14.1. The summed E-state index contributed by atoms with van der Waals surface area (Å²) in [7, 11) is 1.54. The van der Waals surface area contributed by atoms with Gasteiger partial charge in [0.1, 0.15) is 22.4 Å². The number of carbonyl (C=O) groups excluding carboxylic acids is 3. The van der Waals surface area contributed by atoms with Crippen molar-refractivity contribution in [2.45, 2.75) is 44.7 Å². The molecule has 11 heteroatoms. The van der Waals surface area contributed by atoms with Gasteiger partial charge in [-0.05, 0) is 73.3 Å². The van der Waals surface area contributed by atoms with Gasteiger partial charge in [0.05, 0.1) is 19.4 Å². The van der Waals surface area contributed by atoms with Crippen LogP contribution in [0.2, 0.25) is 0 Å². The lowest BCUT2D eigenvalue weighted by atomic mass is 10.0. The Morgan fingerprint density at radius 2 is 1.71 bits per heavy atom. The summed E-state index contributed by atoms with van der Waals surface area (Å²) in [5.74, 6) is -0.522. The predicted octanol–water partition coefficient (Wildman–Crippen LogP) is 3.68. The number of rotatable bonds is 10. The molecule has 3 amide bonds. The standard InChI is InChI=1S/C27H31N5O5S/c1-3-37-20-12-8-16(9-13-20)23(26(34)30-17-6-4-5-7-17)32(18-10-14-19(36-2)15-11-18)27(35)24-21(28)22(25(29)33)31-38-24/h8-15,17,23H,3-7,28H2,1-2H3,(H2,29,33)(H,30,34)/t23-/m1/s1. The number of nitrogens with two attached hydrogens (primary N) is 2. The van der Waals surface area contributed by atoms with Gasteiger partial charge in [-0.2, -0.15) is 4.37 Å². The number of hydrogen-bond acceptors (Lipinski definition) is 8. The number of nitrogens with one attached hydrogen (secondary N) is 1. The first-order valence-corrected chi connectivity index (χ1v) is 13.2. The summed E-state index contributed by atoms with van der Waals surface area (Å²) in [6.07, 6.45) is 3.82. The summed E-state index contributed by atoms with van der Waals surface area (Å²) < 4.78 is 14.8. The van der Waals surface area contributed by atoms with Crippen molar-refractivity contribution in [2.75, 3.05) is 24.4 Å². The summed E-state index contributed by atoms with van der Waals surface area (Å²) in [6.45, 7) is 2.38. The Kier molecular flexibility index (Phi) is 8.47. The van der Waals surface area contributed by atoms with Crippen LogP contribution in [-0.2, 0) is 4.79 Å². The zero-order valence-corrected chi connectivity index (χ0v) is 22.1. The fraction of sp³-hybridized carbons (Fsp3) is 0.333. The number of anilines is 2. The number of methoxy groups -OCH3 is 1. The van der Waals surface area contributed by atoms with Gasteiger partial charge in [-0.3, -0.25) is 19.3 Å². The van der Waals surface area contributed by atoms with Crippen LogP contribution in [0.5, 0.6) is 11.5 Å². The molecule has 1 aromatic heterocycles. The number of carbonyl (C=O) groups is 3. The Balaban J connectivity index is 1.84. The molecule has 0 radical (unpaired) electrons. The largest absolute Gasteiger partial charge is 0.497 e. The normalized spacial score (nSPS) is 14.1. The van der Waals surface area contributed by atoms with Crippen LogP contribution in [0.15, 0.2) is 48.5 Å². The molecule has 0 unspecified atom stereocenters. The van der Waals surface area contributed by atoms with E-state index in [0.717, 1.165) is 37.2 Å². The van der Waals surface area contributed by atoms with Crippen LogP contribution in [0.3, 0.4) is 0 Å². The molecule has 0 bridgehead atoms. The average molecular weight is 538 g/mol. The molecule has 3 aromatic rings. The number of nitrogen functional groups attached to an aromatic ring is 1. The number of nitrogens with zero attached hydrogens (tertiary/aromatic N) is 2. The van der Waals surface area contributed by atoms with Gasteiger partial charge in [-0.1, -0.05) is 25.0 Å². The number of hydrogen-bond donors (Lipinski definition) is 3. The first-order valence-electron chi connectivity index (χ1n) is 12.4. The minimum Gasteiger partial charge on any atom is -0.497 e. The highest BCUT2D eigenvalue weighted by Gasteiger charge is 2.37. The van der Waals surface area contributed by atoms with E-state index in [0.29, 0.717) is 29.4 Å². The third kappa shape index (κ3) is 5.72. The van der Waals surface area contributed by atoms with E-state index >= 15 is 0 Å². The minimum absolute atomic E-state index is 0.0132. The maximum Gasteiger partial charge on any atom is 0.273 e. The van der Waals surface area contributed by atoms with E-state index in [1.54, 1.807) is 55.6 Å². The van der Waals surface area contributed by atoms with E-state index in [1.165, 1.54) is 4.90 Å². The lowest BCUT2D eigenvalue weighted by Gasteiger charge is -2.32. The van der Waals surface area contributed by atoms with Crippen LogP contribution in [0.25, 0.3) is 0 Å². The molecule has 1 heterocycles. The van der Waals surface area contributed by atoms with Gasteiger partial charge in [-0.15, -0.1) is 0 Å². The van der Waals surface area contributed by atoms with Gasteiger partial charge in [0, 0.05) is 11.7 Å². The van der Waals surface area contributed by atoms with Crippen molar-refractivity contribution >= 4 is 40.6 Å². The molecule has 0 aliphatic heterocycles. The summed E-state index contributed by atoms with van der Waals surface area (Å²) in [5.41, 5.74) is 12.2. The number of aromatic nitrogens is 1. The summed E-state index contributed by atoms with van der Waals surface area (Å²) in [6, 6.07) is 12.8. The topological polar surface area (TPSA) is 150 Å². The van der Waals surface area contributed by atoms with Gasteiger partial charge >= 0.3 is 0 Å². The first-order chi connectivity index (χ1) is 18.3. The number of amides is 3. The maximum atomic E-state index is 14.1. The van der Waals surface area contributed by atoms with Gasteiger partial charge in [0.25, 0.3) is 11.8 Å². The highest BCUT2D eigenvalue weighted by molar-refractivity contribution is 7.09. The van der Waals surface area contributed by atoms with Crippen molar-refractivity contribution in [2.24, 2.45) is 5.73 Å². The lowest BCUT2D eigenvalue weighted by Crippen LogP contribution is -2.46. The Morgan fingerprint density at radius 1 is 1.08 bits per heavy atom. The van der Waals surface area contributed by atoms with Gasteiger partial charge < -0.3 is 26.3 Å². The summed E-state index contributed by atoms with van der Waals surface area (Å²) in [5, 5.41) is 3.13. The Morgan fingerprint density at radius 3 is 2.26 bits per heavy atom. The van der Waals surface area contributed by atoms with Crippen molar-refractivity contribution in [3.05, 3.63) is 64.7 Å². The highest BCUT2D eigenvalue weighted by Crippen LogP contribution is 2.35. The summed E-state index contributed by atoms with van der Waals surface area (Å²) >= 11 is 0.766. The van der Waals surface area contributed by atoms with E-state index in [2.05, 4.69) is 9.69 Å². The highest BCUT2D eigenvalue weighted by atomic mass is 32.1. The van der Waals surface area contributed by atoms with E-state index in [-0.39, 0.29) is 28.2 Å². The molecule has 1 aliphatic carbocycles. The molecule has 38 heavy (non-hydrogen) atoms. The molecule has 0 saturated heterocycles. The molecular weight excluding hydrogens is 506 g/mol. The second-order valence-corrected chi connectivity index (χ2v) is 9.68. The van der Waals surface area contributed by atoms with E-state index in [4.69, 9.17) is 20.9 Å². The van der Waals surface area contributed by atoms with Crippen LogP contribution in [0.4, 0.5) is 11.4 Å². The van der Waals surface area contributed by atoms with E-state index in [9.17, 15) is 14.4 Å². The SMILES string of the molecule is CCOc1ccc([C@H](C(=O)NC2CCCC2)N(C(=O)c2snc(C(N)=O)c2N)c2ccc(OC)cc2)cc1. The molecule has 10 nitrogen and oxygen atoms in total. The van der Waals surface area contributed by atoms with Gasteiger partial charge in [0.2, 0.25) is 5.91 Å². The van der Waals surface area contributed by atoms with Crippen molar-refractivity contribution in [3.8, 4) is 11.5 Å². The second kappa shape index (κ2) is 12.0.